The molecule has 1 aliphatic heterocycles. The molecule has 23 heavy (non-hydrogen) atoms. The van der Waals surface area contributed by atoms with Crippen LogP contribution in [0.25, 0.3) is 0 Å². The zero-order valence-electron chi connectivity index (χ0n) is 12.7. The number of amides is 2. The minimum Gasteiger partial charge on any atom is -0.325 e. The van der Waals surface area contributed by atoms with Crippen LogP contribution in [0.3, 0.4) is 0 Å². The number of anilines is 1. The highest BCUT2D eigenvalue weighted by molar-refractivity contribution is 8.15. The molecule has 0 unspecified atom stereocenters. The third-order valence-electron chi connectivity index (χ3n) is 2.97. The van der Waals surface area contributed by atoms with E-state index in [9.17, 15) is 9.59 Å². The Bertz CT molecular complexity index is 650. The lowest BCUT2D eigenvalue weighted by molar-refractivity contribution is -0.122. The normalized spacial score (nSPS) is 19.3. The van der Waals surface area contributed by atoms with Gasteiger partial charge in [-0.2, -0.15) is 0 Å². The van der Waals surface area contributed by atoms with E-state index in [2.05, 4.69) is 15.6 Å². The maximum atomic E-state index is 12.1. The van der Waals surface area contributed by atoms with Crippen LogP contribution in [0.1, 0.15) is 20.3 Å². The number of aliphatic imine (C=N–C) groups is 1. The maximum absolute atomic E-state index is 12.1. The highest BCUT2D eigenvalue weighted by Crippen LogP contribution is 2.30. The van der Waals surface area contributed by atoms with Gasteiger partial charge in [0.2, 0.25) is 11.8 Å². The molecule has 5 nitrogen and oxygen atoms in total. The first kappa shape index (κ1) is 18.1. The van der Waals surface area contributed by atoms with Crippen LogP contribution >= 0.6 is 35.0 Å². The monoisotopic (exact) mass is 373 g/mol. The van der Waals surface area contributed by atoms with E-state index in [1.54, 1.807) is 18.2 Å². The van der Waals surface area contributed by atoms with Crippen LogP contribution in [0.15, 0.2) is 23.2 Å². The van der Waals surface area contributed by atoms with Gasteiger partial charge in [-0.1, -0.05) is 54.9 Å². The Morgan fingerprint density at radius 2 is 2.17 bits per heavy atom. The smallest absolute Gasteiger partial charge is 0.240 e. The SMILES string of the molecule is CC(C)CN=C1NC(=O)[C@H](CC(=O)Nc2cccc(Cl)c2Cl)S1. The van der Waals surface area contributed by atoms with Gasteiger partial charge in [-0.05, 0) is 18.1 Å². The van der Waals surface area contributed by atoms with Crippen molar-refractivity contribution in [3.8, 4) is 0 Å². The molecule has 124 valence electrons. The quantitative estimate of drug-likeness (QED) is 0.828. The summed E-state index contributed by atoms with van der Waals surface area (Å²) in [4.78, 5) is 28.3. The van der Waals surface area contributed by atoms with Crippen LogP contribution < -0.4 is 10.6 Å². The van der Waals surface area contributed by atoms with Gasteiger partial charge in [0.25, 0.3) is 0 Å². The van der Waals surface area contributed by atoms with Crippen molar-refractivity contribution in [2.45, 2.75) is 25.5 Å². The van der Waals surface area contributed by atoms with Gasteiger partial charge in [-0.25, -0.2) is 0 Å². The number of carbonyl (C=O) groups is 2. The Morgan fingerprint density at radius 3 is 2.87 bits per heavy atom. The molecule has 0 bridgehead atoms. The molecule has 1 fully saturated rings. The van der Waals surface area contributed by atoms with E-state index in [0.717, 1.165) is 0 Å². The van der Waals surface area contributed by atoms with E-state index in [0.29, 0.717) is 28.3 Å². The second-order valence-corrected chi connectivity index (χ2v) is 7.47. The molecule has 0 aliphatic carbocycles. The zero-order valence-corrected chi connectivity index (χ0v) is 15.1. The summed E-state index contributed by atoms with van der Waals surface area (Å²) in [5, 5.41) is 6.10. The summed E-state index contributed by atoms with van der Waals surface area (Å²) < 4.78 is 0. The fourth-order valence-electron chi connectivity index (χ4n) is 1.85. The Balaban J connectivity index is 1.94. The van der Waals surface area contributed by atoms with Gasteiger partial charge in [0, 0.05) is 13.0 Å². The molecule has 0 spiro atoms. The van der Waals surface area contributed by atoms with Gasteiger partial charge in [0.15, 0.2) is 5.17 Å². The second-order valence-electron chi connectivity index (χ2n) is 5.49. The number of nitrogens with zero attached hydrogens (tertiary/aromatic N) is 1. The molecule has 1 aromatic rings. The summed E-state index contributed by atoms with van der Waals surface area (Å²) in [6, 6.07) is 4.98. The summed E-state index contributed by atoms with van der Waals surface area (Å²) >= 11 is 13.2. The zero-order chi connectivity index (χ0) is 17.0. The van der Waals surface area contributed by atoms with Gasteiger partial charge in [0.05, 0.1) is 15.7 Å². The topological polar surface area (TPSA) is 70.6 Å². The number of benzene rings is 1. The number of halogens is 2. The molecule has 2 rings (SSSR count). The molecule has 0 aromatic heterocycles. The van der Waals surface area contributed by atoms with Crippen molar-refractivity contribution in [3.63, 3.8) is 0 Å². The fraction of sp³-hybridized carbons (Fsp3) is 0.400. The fourth-order valence-corrected chi connectivity index (χ4v) is 3.18. The average Bonchev–Trinajstić information content (AvgIpc) is 2.82. The number of carbonyl (C=O) groups excluding carboxylic acids is 2. The summed E-state index contributed by atoms with van der Waals surface area (Å²) in [6.07, 6.45) is 0.0417. The van der Waals surface area contributed by atoms with Crippen LogP contribution in [-0.2, 0) is 9.59 Å². The van der Waals surface area contributed by atoms with Gasteiger partial charge in [-0.3, -0.25) is 14.6 Å². The van der Waals surface area contributed by atoms with Crippen LogP contribution in [0.4, 0.5) is 5.69 Å². The molecule has 1 saturated heterocycles. The largest absolute Gasteiger partial charge is 0.325 e. The van der Waals surface area contributed by atoms with Gasteiger partial charge in [-0.15, -0.1) is 0 Å². The number of hydrogen-bond donors (Lipinski definition) is 2. The number of amidine groups is 1. The molecule has 0 saturated carbocycles. The first-order chi connectivity index (χ1) is 10.9. The van der Waals surface area contributed by atoms with Crippen molar-refractivity contribution in [1.29, 1.82) is 0 Å². The van der Waals surface area contributed by atoms with Crippen LogP contribution in [0.2, 0.25) is 10.0 Å². The Morgan fingerprint density at radius 1 is 1.43 bits per heavy atom. The number of thioether (sulfide) groups is 1. The van der Waals surface area contributed by atoms with E-state index < -0.39 is 5.25 Å². The predicted octanol–water partition coefficient (Wildman–Crippen LogP) is 3.57. The Kier molecular flexibility index (Phi) is 6.33. The molecule has 1 aromatic carbocycles. The molecule has 1 aliphatic rings. The van der Waals surface area contributed by atoms with E-state index in [1.165, 1.54) is 11.8 Å². The number of hydrogen-bond acceptors (Lipinski definition) is 4. The molecule has 1 atom stereocenters. The van der Waals surface area contributed by atoms with Crippen molar-refractivity contribution in [3.05, 3.63) is 28.2 Å². The van der Waals surface area contributed by atoms with Gasteiger partial charge in [0.1, 0.15) is 5.25 Å². The number of nitrogens with one attached hydrogen (secondary N) is 2. The predicted molar refractivity (Wildman–Crippen MR) is 96.4 cm³/mol. The lowest BCUT2D eigenvalue weighted by atomic mass is 10.2. The minimum atomic E-state index is -0.487. The van der Waals surface area contributed by atoms with Crippen molar-refractivity contribution in [2.24, 2.45) is 10.9 Å². The lowest BCUT2D eigenvalue weighted by Gasteiger charge is -2.09. The molecule has 2 amide bonds. The molecule has 0 radical (unpaired) electrons. The third-order valence-corrected chi connectivity index (χ3v) is 4.91. The van der Waals surface area contributed by atoms with Crippen molar-refractivity contribution in [1.82, 2.24) is 5.32 Å². The van der Waals surface area contributed by atoms with E-state index >= 15 is 0 Å². The summed E-state index contributed by atoms with van der Waals surface area (Å²) in [5.41, 5.74) is 0.432. The van der Waals surface area contributed by atoms with Crippen molar-refractivity contribution in [2.75, 3.05) is 11.9 Å². The van der Waals surface area contributed by atoms with Crippen LogP contribution in [0, 0.1) is 5.92 Å². The van der Waals surface area contributed by atoms with E-state index in [-0.39, 0.29) is 23.3 Å². The van der Waals surface area contributed by atoms with Crippen LogP contribution in [-0.4, -0.2) is 28.8 Å². The molecular formula is C15H17Cl2N3O2S. The maximum Gasteiger partial charge on any atom is 0.240 e. The Labute approximate surface area is 149 Å². The molecule has 1 heterocycles. The van der Waals surface area contributed by atoms with Crippen LogP contribution in [0.5, 0.6) is 0 Å². The summed E-state index contributed by atoms with van der Waals surface area (Å²) in [6.45, 7) is 4.73. The summed E-state index contributed by atoms with van der Waals surface area (Å²) in [7, 11) is 0. The van der Waals surface area contributed by atoms with E-state index in [1.807, 2.05) is 13.8 Å². The van der Waals surface area contributed by atoms with Crippen molar-refractivity contribution >= 4 is 57.6 Å². The van der Waals surface area contributed by atoms with Crippen molar-refractivity contribution < 1.29 is 9.59 Å². The minimum absolute atomic E-state index is 0.0417. The molecular weight excluding hydrogens is 357 g/mol. The first-order valence-corrected chi connectivity index (χ1v) is 8.76. The average molecular weight is 374 g/mol. The van der Waals surface area contributed by atoms with Gasteiger partial charge >= 0.3 is 0 Å². The summed E-state index contributed by atoms with van der Waals surface area (Å²) in [5.74, 6) is -0.0934. The highest BCUT2D eigenvalue weighted by Gasteiger charge is 2.32. The van der Waals surface area contributed by atoms with E-state index in [4.69, 9.17) is 23.2 Å². The molecule has 2 N–H and O–H groups in total. The third kappa shape index (κ3) is 5.12. The first-order valence-electron chi connectivity index (χ1n) is 7.12. The van der Waals surface area contributed by atoms with Gasteiger partial charge < -0.3 is 10.6 Å². The number of rotatable bonds is 5. The second kappa shape index (κ2) is 8.04. The molecule has 8 heteroatoms. The lowest BCUT2D eigenvalue weighted by Crippen LogP contribution is -2.28. The Hall–Kier alpha value is -1.24. The highest BCUT2D eigenvalue weighted by atomic mass is 35.5. The standard InChI is InChI=1S/C15H17Cl2N3O2S/c1-8(2)7-18-15-20-14(22)11(23-15)6-12(21)19-10-5-3-4-9(16)13(10)17/h3-5,8,11H,6-7H2,1-2H3,(H,19,21)(H,18,20,22)/t11-/m0/s1.